The summed E-state index contributed by atoms with van der Waals surface area (Å²) in [5.74, 6) is 0. The normalized spacial score (nSPS) is 15.8. The molecule has 2 rings (SSSR count). The van der Waals surface area contributed by atoms with E-state index in [-0.39, 0.29) is 6.03 Å². The molecule has 0 spiro atoms. The number of hydrogen-bond acceptors (Lipinski definition) is 2. The van der Waals surface area contributed by atoms with Gasteiger partial charge in [0.1, 0.15) is 0 Å². The van der Waals surface area contributed by atoms with Crippen LogP contribution in [0, 0.1) is 0 Å². The minimum Gasteiger partial charge on any atom is -0.335 e. The molecule has 1 aromatic rings. The monoisotopic (exact) mass is 233 g/mol. The SMILES string of the molecule is CCN(C(=O)NC1CCCC1)c1ccncc1. The Kier molecular flexibility index (Phi) is 3.96. The first-order valence-electron chi connectivity index (χ1n) is 6.29. The maximum atomic E-state index is 12.1. The Hall–Kier alpha value is -1.58. The number of urea groups is 1. The predicted octanol–water partition coefficient (Wildman–Crippen LogP) is 2.56. The van der Waals surface area contributed by atoms with Crippen LogP contribution in [0.25, 0.3) is 0 Å². The van der Waals surface area contributed by atoms with Crippen LogP contribution in [0.5, 0.6) is 0 Å². The minimum absolute atomic E-state index is 0.00519. The zero-order valence-corrected chi connectivity index (χ0v) is 10.2. The quantitative estimate of drug-likeness (QED) is 0.872. The van der Waals surface area contributed by atoms with E-state index in [1.54, 1.807) is 17.3 Å². The second kappa shape index (κ2) is 5.66. The van der Waals surface area contributed by atoms with Crippen LogP contribution in [-0.4, -0.2) is 23.6 Å². The van der Waals surface area contributed by atoms with E-state index < -0.39 is 0 Å². The van der Waals surface area contributed by atoms with Crippen LogP contribution >= 0.6 is 0 Å². The Balaban J connectivity index is 2.00. The van der Waals surface area contributed by atoms with Crippen molar-refractivity contribution in [2.75, 3.05) is 11.4 Å². The Morgan fingerprint density at radius 3 is 2.65 bits per heavy atom. The number of pyridine rings is 1. The highest BCUT2D eigenvalue weighted by Gasteiger charge is 2.20. The van der Waals surface area contributed by atoms with E-state index in [4.69, 9.17) is 0 Å². The van der Waals surface area contributed by atoms with Gasteiger partial charge in [-0.3, -0.25) is 9.88 Å². The third kappa shape index (κ3) is 2.96. The molecule has 0 saturated heterocycles. The molecule has 1 aliphatic rings. The molecule has 0 radical (unpaired) electrons. The van der Waals surface area contributed by atoms with Crippen molar-refractivity contribution in [3.05, 3.63) is 24.5 Å². The molecule has 1 heterocycles. The molecular formula is C13H19N3O. The lowest BCUT2D eigenvalue weighted by molar-refractivity contribution is 0.243. The van der Waals surface area contributed by atoms with Gasteiger partial charge in [0.05, 0.1) is 0 Å². The van der Waals surface area contributed by atoms with Crippen LogP contribution in [0.4, 0.5) is 10.5 Å². The molecule has 0 aromatic carbocycles. The summed E-state index contributed by atoms with van der Waals surface area (Å²) in [7, 11) is 0. The molecule has 0 atom stereocenters. The summed E-state index contributed by atoms with van der Waals surface area (Å²) >= 11 is 0. The molecule has 17 heavy (non-hydrogen) atoms. The molecule has 4 heteroatoms. The van der Waals surface area contributed by atoms with Crippen LogP contribution < -0.4 is 10.2 Å². The van der Waals surface area contributed by atoms with Gasteiger partial charge in [0, 0.05) is 30.7 Å². The van der Waals surface area contributed by atoms with Crippen LogP contribution in [0.3, 0.4) is 0 Å². The number of nitrogens with one attached hydrogen (secondary N) is 1. The largest absolute Gasteiger partial charge is 0.335 e. The molecule has 0 unspecified atom stereocenters. The van der Waals surface area contributed by atoms with Crippen LogP contribution in [0.2, 0.25) is 0 Å². The molecule has 0 bridgehead atoms. The van der Waals surface area contributed by atoms with Crippen molar-refractivity contribution in [3.63, 3.8) is 0 Å². The average Bonchev–Trinajstić information content (AvgIpc) is 2.84. The number of aromatic nitrogens is 1. The lowest BCUT2D eigenvalue weighted by atomic mass is 10.2. The first-order valence-corrected chi connectivity index (χ1v) is 6.29. The molecular weight excluding hydrogens is 214 g/mol. The predicted molar refractivity (Wildman–Crippen MR) is 68.0 cm³/mol. The maximum absolute atomic E-state index is 12.1. The molecule has 1 saturated carbocycles. The summed E-state index contributed by atoms with van der Waals surface area (Å²) in [6.45, 7) is 2.65. The zero-order valence-electron chi connectivity index (χ0n) is 10.2. The van der Waals surface area contributed by atoms with Gasteiger partial charge in [-0.25, -0.2) is 4.79 Å². The van der Waals surface area contributed by atoms with E-state index in [1.165, 1.54) is 12.8 Å². The number of carbonyl (C=O) groups excluding carboxylic acids is 1. The summed E-state index contributed by atoms with van der Waals surface area (Å²) < 4.78 is 0. The van der Waals surface area contributed by atoms with Gasteiger partial charge in [-0.15, -0.1) is 0 Å². The van der Waals surface area contributed by atoms with Crippen molar-refractivity contribution >= 4 is 11.7 Å². The second-order valence-electron chi connectivity index (χ2n) is 4.38. The van der Waals surface area contributed by atoms with Gasteiger partial charge in [0.2, 0.25) is 0 Å². The van der Waals surface area contributed by atoms with Gasteiger partial charge in [0.15, 0.2) is 0 Å². The van der Waals surface area contributed by atoms with Gasteiger partial charge in [-0.05, 0) is 31.9 Å². The fraction of sp³-hybridized carbons (Fsp3) is 0.538. The van der Waals surface area contributed by atoms with Gasteiger partial charge < -0.3 is 5.32 Å². The van der Waals surface area contributed by atoms with Crippen LogP contribution in [-0.2, 0) is 0 Å². The summed E-state index contributed by atoms with van der Waals surface area (Å²) in [6, 6.07) is 4.08. The highest BCUT2D eigenvalue weighted by atomic mass is 16.2. The van der Waals surface area contributed by atoms with Crippen molar-refractivity contribution in [1.29, 1.82) is 0 Å². The van der Waals surface area contributed by atoms with Crippen molar-refractivity contribution < 1.29 is 4.79 Å². The molecule has 1 aromatic heterocycles. The van der Waals surface area contributed by atoms with E-state index in [0.29, 0.717) is 12.6 Å². The minimum atomic E-state index is 0.00519. The molecule has 92 valence electrons. The average molecular weight is 233 g/mol. The molecule has 0 aliphatic heterocycles. The van der Waals surface area contributed by atoms with Crippen molar-refractivity contribution in [1.82, 2.24) is 10.3 Å². The van der Waals surface area contributed by atoms with E-state index >= 15 is 0 Å². The number of rotatable bonds is 3. The fourth-order valence-corrected chi connectivity index (χ4v) is 2.29. The Morgan fingerprint density at radius 1 is 1.41 bits per heavy atom. The molecule has 1 fully saturated rings. The number of nitrogens with zero attached hydrogens (tertiary/aromatic N) is 2. The lowest BCUT2D eigenvalue weighted by Crippen LogP contribution is -2.44. The van der Waals surface area contributed by atoms with Gasteiger partial charge >= 0.3 is 6.03 Å². The van der Waals surface area contributed by atoms with Crippen molar-refractivity contribution in [3.8, 4) is 0 Å². The van der Waals surface area contributed by atoms with E-state index in [9.17, 15) is 4.79 Å². The third-order valence-corrected chi connectivity index (χ3v) is 3.22. The van der Waals surface area contributed by atoms with E-state index in [2.05, 4.69) is 10.3 Å². The van der Waals surface area contributed by atoms with E-state index in [1.807, 2.05) is 19.1 Å². The standard InChI is InChI=1S/C13H19N3O/c1-2-16(12-7-9-14-10-8-12)13(17)15-11-5-3-4-6-11/h7-11H,2-6H2,1H3,(H,15,17). The van der Waals surface area contributed by atoms with Gasteiger partial charge in [-0.1, -0.05) is 12.8 Å². The third-order valence-electron chi connectivity index (χ3n) is 3.22. The molecule has 4 nitrogen and oxygen atoms in total. The fourth-order valence-electron chi connectivity index (χ4n) is 2.29. The summed E-state index contributed by atoms with van der Waals surface area (Å²) in [6.07, 6.45) is 8.10. The zero-order chi connectivity index (χ0) is 12.1. The van der Waals surface area contributed by atoms with Crippen molar-refractivity contribution in [2.45, 2.75) is 38.6 Å². The Morgan fingerprint density at radius 2 is 2.06 bits per heavy atom. The van der Waals surface area contributed by atoms with Gasteiger partial charge in [0.25, 0.3) is 0 Å². The molecule has 2 amide bonds. The first kappa shape index (κ1) is 11.9. The van der Waals surface area contributed by atoms with Crippen LogP contribution in [0.15, 0.2) is 24.5 Å². The van der Waals surface area contributed by atoms with E-state index in [0.717, 1.165) is 18.5 Å². The summed E-state index contributed by atoms with van der Waals surface area (Å²) in [5.41, 5.74) is 0.901. The number of amides is 2. The summed E-state index contributed by atoms with van der Waals surface area (Å²) in [5, 5.41) is 3.09. The second-order valence-corrected chi connectivity index (χ2v) is 4.38. The lowest BCUT2D eigenvalue weighted by Gasteiger charge is -2.23. The van der Waals surface area contributed by atoms with Gasteiger partial charge in [-0.2, -0.15) is 0 Å². The number of hydrogen-bond donors (Lipinski definition) is 1. The molecule has 1 N–H and O–H groups in total. The Labute approximate surface area is 102 Å². The topological polar surface area (TPSA) is 45.2 Å². The molecule has 1 aliphatic carbocycles. The highest BCUT2D eigenvalue weighted by molar-refractivity contribution is 5.91. The maximum Gasteiger partial charge on any atom is 0.322 e. The highest BCUT2D eigenvalue weighted by Crippen LogP contribution is 2.19. The first-order chi connectivity index (χ1) is 8.31. The summed E-state index contributed by atoms with van der Waals surface area (Å²) in [4.78, 5) is 17.8. The number of carbonyl (C=O) groups is 1. The number of anilines is 1. The smallest absolute Gasteiger partial charge is 0.322 e. The van der Waals surface area contributed by atoms with Crippen LogP contribution in [0.1, 0.15) is 32.6 Å². The van der Waals surface area contributed by atoms with Crippen molar-refractivity contribution in [2.24, 2.45) is 0 Å². The Bertz CT molecular complexity index is 360.